The Kier molecular flexibility index (Phi) is 10.7. The summed E-state index contributed by atoms with van der Waals surface area (Å²) in [6.45, 7) is 6.15. The lowest BCUT2D eigenvalue weighted by Gasteiger charge is -2.34. The molecule has 0 saturated heterocycles. The number of aryl methyl sites for hydroxylation is 1. The summed E-state index contributed by atoms with van der Waals surface area (Å²) in [7, 11) is -3.82. The summed E-state index contributed by atoms with van der Waals surface area (Å²) < 4.78 is 27.4. The molecule has 2 amide bonds. The summed E-state index contributed by atoms with van der Waals surface area (Å²) in [6.07, 6.45) is 1.36. The molecule has 39 heavy (non-hydrogen) atoms. The average Bonchev–Trinajstić information content (AvgIpc) is 2.89. The quantitative estimate of drug-likeness (QED) is 0.314. The van der Waals surface area contributed by atoms with E-state index in [1.807, 2.05) is 75.4 Å². The lowest BCUT2D eigenvalue weighted by Crippen LogP contribution is -2.53. The fraction of sp³-hybridized carbons (Fsp3) is 0.333. The van der Waals surface area contributed by atoms with Crippen LogP contribution in [-0.4, -0.2) is 50.5 Å². The molecule has 0 unspecified atom stereocenters. The van der Waals surface area contributed by atoms with E-state index in [0.717, 1.165) is 27.3 Å². The van der Waals surface area contributed by atoms with Gasteiger partial charge in [-0.25, -0.2) is 8.42 Å². The van der Waals surface area contributed by atoms with Crippen molar-refractivity contribution in [1.82, 2.24) is 10.2 Å². The van der Waals surface area contributed by atoms with Crippen LogP contribution in [0.25, 0.3) is 0 Å². The molecule has 3 aromatic carbocycles. The molecule has 0 spiro atoms. The van der Waals surface area contributed by atoms with Crippen LogP contribution in [0.2, 0.25) is 0 Å². The third-order valence-electron chi connectivity index (χ3n) is 6.23. The van der Waals surface area contributed by atoms with Gasteiger partial charge in [-0.2, -0.15) is 0 Å². The Labute approximate surface area is 240 Å². The fourth-order valence-corrected chi connectivity index (χ4v) is 5.59. The normalized spacial score (nSPS) is 12.2. The molecule has 0 saturated carbocycles. The minimum absolute atomic E-state index is 0.152. The van der Waals surface area contributed by atoms with E-state index in [1.54, 1.807) is 24.3 Å². The molecule has 0 bridgehead atoms. The van der Waals surface area contributed by atoms with Gasteiger partial charge in [0.25, 0.3) is 0 Å². The summed E-state index contributed by atoms with van der Waals surface area (Å²) in [5.74, 6) is -0.527. The van der Waals surface area contributed by atoms with E-state index in [1.165, 1.54) is 4.90 Å². The molecule has 0 aliphatic rings. The van der Waals surface area contributed by atoms with Crippen LogP contribution in [0.1, 0.15) is 30.5 Å². The second-order valence-corrected chi connectivity index (χ2v) is 12.8. The minimum Gasteiger partial charge on any atom is -0.354 e. The molecule has 0 heterocycles. The number of rotatable bonds is 12. The van der Waals surface area contributed by atoms with Crippen molar-refractivity contribution in [2.75, 3.05) is 23.7 Å². The number of amides is 2. The van der Waals surface area contributed by atoms with Gasteiger partial charge in [-0.1, -0.05) is 86.1 Å². The first-order chi connectivity index (χ1) is 18.5. The highest BCUT2D eigenvalue weighted by molar-refractivity contribution is 9.10. The number of benzene rings is 3. The third-order valence-corrected chi connectivity index (χ3v) is 8.03. The van der Waals surface area contributed by atoms with Crippen molar-refractivity contribution >= 4 is 43.5 Å². The average molecular weight is 615 g/mol. The highest BCUT2D eigenvalue weighted by Crippen LogP contribution is 2.28. The Balaban J connectivity index is 2.05. The van der Waals surface area contributed by atoms with Crippen molar-refractivity contribution < 1.29 is 18.0 Å². The first-order valence-corrected chi connectivity index (χ1v) is 15.5. The Hall–Kier alpha value is -3.17. The molecule has 0 aliphatic heterocycles. The van der Waals surface area contributed by atoms with Crippen molar-refractivity contribution in [3.8, 4) is 0 Å². The predicted molar refractivity (Wildman–Crippen MR) is 160 cm³/mol. The SMILES string of the molecule is Cc1ccc(CN(C(=O)CN(c2ccccc2Br)S(C)(=O)=O)[C@H](Cc2ccccc2)C(=O)NCC(C)C)cc1. The van der Waals surface area contributed by atoms with Gasteiger partial charge in [-0.15, -0.1) is 0 Å². The van der Waals surface area contributed by atoms with Crippen LogP contribution >= 0.6 is 15.9 Å². The van der Waals surface area contributed by atoms with Crippen LogP contribution < -0.4 is 9.62 Å². The number of sulfonamides is 1. The molecule has 3 aromatic rings. The van der Waals surface area contributed by atoms with Crippen LogP contribution in [0.4, 0.5) is 5.69 Å². The van der Waals surface area contributed by atoms with Crippen molar-refractivity contribution in [1.29, 1.82) is 0 Å². The van der Waals surface area contributed by atoms with Crippen LogP contribution in [-0.2, 0) is 32.6 Å². The summed E-state index contributed by atoms with van der Waals surface area (Å²) in [6, 6.07) is 23.3. The molecule has 1 atom stereocenters. The van der Waals surface area contributed by atoms with Crippen LogP contribution in [0, 0.1) is 12.8 Å². The van der Waals surface area contributed by atoms with Crippen molar-refractivity contribution in [2.45, 2.75) is 39.8 Å². The minimum atomic E-state index is -3.82. The van der Waals surface area contributed by atoms with Gasteiger partial charge in [0, 0.05) is 24.0 Å². The zero-order valence-corrected chi connectivity index (χ0v) is 25.2. The summed E-state index contributed by atoms with van der Waals surface area (Å²) >= 11 is 3.41. The lowest BCUT2D eigenvalue weighted by molar-refractivity contribution is -0.140. The van der Waals surface area contributed by atoms with Gasteiger partial charge in [0.15, 0.2) is 0 Å². The second-order valence-electron chi connectivity index (χ2n) is 10.1. The number of anilines is 1. The largest absolute Gasteiger partial charge is 0.354 e. The molecule has 7 nitrogen and oxygen atoms in total. The van der Waals surface area contributed by atoms with E-state index in [0.29, 0.717) is 16.7 Å². The lowest BCUT2D eigenvalue weighted by atomic mass is 10.0. The van der Waals surface area contributed by atoms with E-state index >= 15 is 0 Å². The summed E-state index contributed by atoms with van der Waals surface area (Å²) in [4.78, 5) is 29.2. The molecule has 9 heteroatoms. The molecule has 1 N–H and O–H groups in total. The van der Waals surface area contributed by atoms with E-state index < -0.39 is 28.5 Å². The topological polar surface area (TPSA) is 86.8 Å². The highest BCUT2D eigenvalue weighted by atomic mass is 79.9. The van der Waals surface area contributed by atoms with Gasteiger partial charge in [0.05, 0.1) is 11.9 Å². The monoisotopic (exact) mass is 613 g/mol. The first-order valence-electron chi connectivity index (χ1n) is 12.8. The Bertz CT molecular complexity index is 1360. The molecular weight excluding hydrogens is 578 g/mol. The van der Waals surface area contributed by atoms with E-state index in [-0.39, 0.29) is 24.8 Å². The number of halogens is 1. The highest BCUT2D eigenvalue weighted by Gasteiger charge is 2.33. The smallest absolute Gasteiger partial charge is 0.244 e. The van der Waals surface area contributed by atoms with Gasteiger partial charge in [0.1, 0.15) is 12.6 Å². The first kappa shape index (κ1) is 30.4. The zero-order chi connectivity index (χ0) is 28.6. The van der Waals surface area contributed by atoms with Gasteiger partial charge in [-0.3, -0.25) is 13.9 Å². The second kappa shape index (κ2) is 13.8. The van der Waals surface area contributed by atoms with E-state index in [2.05, 4.69) is 21.2 Å². The molecule has 208 valence electrons. The number of hydrogen-bond donors (Lipinski definition) is 1. The van der Waals surface area contributed by atoms with Crippen molar-refractivity contribution in [2.24, 2.45) is 5.92 Å². The predicted octanol–water partition coefficient (Wildman–Crippen LogP) is 4.94. The summed E-state index contributed by atoms with van der Waals surface area (Å²) in [5.41, 5.74) is 3.17. The number of hydrogen-bond acceptors (Lipinski definition) is 4. The van der Waals surface area contributed by atoms with Gasteiger partial charge in [-0.05, 0) is 52.0 Å². The number of nitrogens with one attached hydrogen (secondary N) is 1. The number of para-hydroxylation sites is 1. The van der Waals surface area contributed by atoms with Gasteiger partial charge in [0.2, 0.25) is 21.8 Å². The van der Waals surface area contributed by atoms with Gasteiger partial charge >= 0.3 is 0 Å². The zero-order valence-electron chi connectivity index (χ0n) is 22.8. The maximum Gasteiger partial charge on any atom is 0.244 e. The molecule has 0 aliphatic carbocycles. The van der Waals surface area contributed by atoms with E-state index in [9.17, 15) is 18.0 Å². The van der Waals surface area contributed by atoms with Crippen LogP contribution in [0.3, 0.4) is 0 Å². The Morgan fingerprint density at radius 1 is 0.897 bits per heavy atom. The van der Waals surface area contributed by atoms with Crippen LogP contribution in [0.5, 0.6) is 0 Å². The maximum atomic E-state index is 14.1. The molecule has 3 rings (SSSR count). The standard InChI is InChI=1S/C30H36BrN3O4S/c1-22(2)19-32-30(36)28(18-24-10-6-5-7-11-24)33(20-25-16-14-23(3)15-17-25)29(35)21-34(39(4,37)38)27-13-9-8-12-26(27)31/h5-17,22,28H,18-21H2,1-4H3,(H,32,36)/t28-/m1/s1. The van der Waals surface area contributed by atoms with Crippen molar-refractivity contribution in [3.63, 3.8) is 0 Å². The Morgan fingerprint density at radius 2 is 1.51 bits per heavy atom. The molecule has 0 radical (unpaired) electrons. The van der Waals surface area contributed by atoms with Gasteiger partial charge < -0.3 is 10.2 Å². The number of carbonyl (C=O) groups excluding carboxylic acids is 2. The summed E-state index contributed by atoms with van der Waals surface area (Å²) in [5, 5.41) is 2.98. The van der Waals surface area contributed by atoms with Crippen molar-refractivity contribution in [3.05, 3.63) is 100 Å². The number of nitrogens with zero attached hydrogens (tertiary/aromatic N) is 2. The molecule has 0 aromatic heterocycles. The maximum absolute atomic E-state index is 14.1. The van der Waals surface area contributed by atoms with Crippen LogP contribution in [0.15, 0.2) is 83.3 Å². The fourth-order valence-electron chi connectivity index (χ4n) is 4.12. The molecular formula is C30H36BrN3O4S. The molecule has 0 fully saturated rings. The third kappa shape index (κ3) is 8.93. The van der Waals surface area contributed by atoms with E-state index in [4.69, 9.17) is 0 Å². The Morgan fingerprint density at radius 3 is 2.10 bits per heavy atom. The number of carbonyl (C=O) groups is 2.